The highest BCUT2D eigenvalue weighted by Crippen LogP contribution is 2.37. The summed E-state index contributed by atoms with van der Waals surface area (Å²) in [4.78, 5) is 0. The molecule has 0 bridgehead atoms. The van der Waals surface area contributed by atoms with Crippen LogP contribution in [0.2, 0.25) is 10.0 Å². The van der Waals surface area contributed by atoms with Crippen LogP contribution in [0.15, 0.2) is 47.0 Å². The average molecular weight is 534 g/mol. The van der Waals surface area contributed by atoms with E-state index in [9.17, 15) is 0 Å². The van der Waals surface area contributed by atoms with Crippen molar-refractivity contribution in [1.29, 1.82) is 0 Å². The Bertz CT molecular complexity index is 940. The van der Waals surface area contributed by atoms with Crippen LogP contribution >= 0.6 is 46.4 Å². The zero-order valence-electron chi connectivity index (χ0n) is 18.2. The second-order valence-corrected chi connectivity index (χ2v) is 8.40. The van der Waals surface area contributed by atoms with Crippen molar-refractivity contribution in [2.75, 3.05) is 33.7 Å². The van der Waals surface area contributed by atoms with Crippen LogP contribution in [0.1, 0.15) is 18.9 Å². The molecule has 0 radical (unpaired) electrons. The summed E-state index contributed by atoms with van der Waals surface area (Å²) in [5.74, 6) is 7.67. The Labute approximate surface area is 214 Å². The van der Waals surface area contributed by atoms with E-state index < -0.39 is 0 Å². The van der Waals surface area contributed by atoms with Gasteiger partial charge in [-0.1, -0.05) is 58.2 Å². The number of methoxy groups -OCH3 is 1. The Balaban J connectivity index is 1.75. The van der Waals surface area contributed by atoms with Gasteiger partial charge in [-0.05, 0) is 37.3 Å². The normalized spacial score (nSPS) is 11.2. The minimum atomic E-state index is -0.209. The van der Waals surface area contributed by atoms with Crippen LogP contribution < -0.4 is 14.2 Å². The molecule has 0 aliphatic heterocycles. The van der Waals surface area contributed by atoms with Crippen LogP contribution in [0.25, 0.3) is 0 Å². The van der Waals surface area contributed by atoms with E-state index in [1.54, 1.807) is 19.2 Å². The zero-order valence-corrected chi connectivity index (χ0v) is 21.2. The Morgan fingerprint density at radius 3 is 2.27 bits per heavy atom. The molecule has 0 heterocycles. The van der Waals surface area contributed by atoms with Gasteiger partial charge in [-0.3, -0.25) is 0 Å². The van der Waals surface area contributed by atoms with Crippen molar-refractivity contribution in [2.24, 2.45) is 0 Å². The molecule has 9 heteroatoms. The van der Waals surface area contributed by atoms with Crippen molar-refractivity contribution in [2.45, 2.75) is 19.4 Å². The molecule has 0 saturated heterocycles. The summed E-state index contributed by atoms with van der Waals surface area (Å²) >= 11 is 23.6. The zero-order chi connectivity index (χ0) is 24.1. The topological polar surface area (TPSA) is 46.2 Å². The number of benzene rings is 2. The summed E-state index contributed by atoms with van der Waals surface area (Å²) in [5, 5.41) is 0.691. The molecule has 5 nitrogen and oxygen atoms in total. The molecular formula is C24H24Cl4O5. The molecule has 2 aromatic rings. The third-order valence-corrected chi connectivity index (χ3v) is 4.84. The van der Waals surface area contributed by atoms with E-state index in [1.165, 1.54) is 6.08 Å². The molecule has 1 unspecified atom stereocenters. The number of rotatable bonds is 12. The van der Waals surface area contributed by atoms with Gasteiger partial charge in [0.2, 0.25) is 0 Å². The lowest BCUT2D eigenvalue weighted by Gasteiger charge is -2.12. The molecular weight excluding hydrogens is 510 g/mol. The molecule has 33 heavy (non-hydrogen) atoms. The SMILES string of the molecule is COCOC(C)C#Cc1ccc(OCCCOc2c(Cl)cc(OCC=C(Cl)Cl)cc2Cl)cc1. The van der Waals surface area contributed by atoms with Crippen LogP contribution in [-0.4, -0.2) is 39.8 Å². The van der Waals surface area contributed by atoms with Crippen molar-refractivity contribution in [3.05, 3.63) is 62.6 Å². The Kier molecular flexibility index (Phi) is 12.6. The molecule has 1 atom stereocenters. The monoisotopic (exact) mass is 532 g/mol. The summed E-state index contributed by atoms with van der Waals surface area (Å²) in [6, 6.07) is 10.7. The Morgan fingerprint density at radius 2 is 1.64 bits per heavy atom. The third-order valence-electron chi connectivity index (χ3n) is 3.97. The molecule has 0 spiro atoms. The minimum Gasteiger partial charge on any atom is -0.493 e. The van der Waals surface area contributed by atoms with Gasteiger partial charge in [0, 0.05) is 31.2 Å². The second-order valence-electron chi connectivity index (χ2n) is 6.58. The maximum Gasteiger partial charge on any atom is 0.156 e. The standard InChI is InChI=1S/C24H24Cl4O5/c1-17(33-16-29-2)4-5-18-6-8-19(9-7-18)30-11-3-12-32-24-21(25)14-20(15-22(24)26)31-13-10-23(27)28/h6-10,14-15,17H,3,11-13,16H2,1-2H3. The van der Waals surface area contributed by atoms with E-state index >= 15 is 0 Å². The predicted molar refractivity (Wildman–Crippen MR) is 133 cm³/mol. The van der Waals surface area contributed by atoms with Crippen LogP contribution in [0.3, 0.4) is 0 Å². The lowest BCUT2D eigenvalue weighted by atomic mass is 10.2. The quantitative estimate of drug-likeness (QED) is 0.169. The molecule has 178 valence electrons. The summed E-state index contributed by atoms with van der Waals surface area (Å²) in [6.45, 7) is 3.13. The second kappa shape index (κ2) is 15.2. The van der Waals surface area contributed by atoms with Crippen LogP contribution in [0.5, 0.6) is 17.2 Å². The van der Waals surface area contributed by atoms with E-state index in [2.05, 4.69) is 11.8 Å². The molecule has 0 aliphatic carbocycles. The summed E-state index contributed by atoms with van der Waals surface area (Å²) in [5.41, 5.74) is 0.872. The van der Waals surface area contributed by atoms with Crippen LogP contribution in [0.4, 0.5) is 0 Å². The van der Waals surface area contributed by atoms with Crippen molar-refractivity contribution < 1.29 is 23.7 Å². The van der Waals surface area contributed by atoms with Gasteiger partial charge in [-0.15, -0.1) is 0 Å². The summed E-state index contributed by atoms with van der Waals surface area (Å²) in [6.07, 6.45) is 1.94. The Hall–Kier alpha value is -1.78. The first-order valence-electron chi connectivity index (χ1n) is 9.99. The Morgan fingerprint density at radius 1 is 0.970 bits per heavy atom. The molecule has 2 rings (SSSR count). The lowest BCUT2D eigenvalue weighted by molar-refractivity contribution is -0.0465. The van der Waals surface area contributed by atoms with E-state index in [0.717, 1.165) is 11.3 Å². The van der Waals surface area contributed by atoms with Crippen molar-refractivity contribution >= 4 is 46.4 Å². The first kappa shape index (κ1) is 27.5. The van der Waals surface area contributed by atoms with E-state index in [-0.39, 0.29) is 24.0 Å². The minimum absolute atomic E-state index is 0.123. The largest absolute Gasteiger partial charge is 0.493 e. The number of halogens is 4. The fourth-order valence-corrected chi connectivity index (χ4v) is 3.12. The first-order valence-corrected chi connectivity index (χ1v) is 11.5. The molecule has 0 fully saturated rings. The van der Waals surface area contributed by atoms with E-state index in [1.807, 2.05) is 31.2 Å². The summed E-state index contributed by atoms with van der Waals surface area (Å²) < 4.78 is 27.2. The first-order chi connectivity index (χ1) is 15.9. The molecule has 0 N–H and O–H groups in total. The highest BCUT2D eigenvalue weighted by Gasteiger charge is 2.10. The highest BCUT2D eigenvalue weighted by molar-refractivity contribution is 6.55. The molecule has 2 aromatic carbocycles. The van der Waals surface area contributed by atoms with E-state index in [0.29, 0.717) is 41.2 Å². The summed E-state index contributed by atoms with van der Waals surface area (Å²) in [7, 11) is 1.57. The van der Waals surface area contributed by atoms with E-state index in [4.69, 9.17) is 70.1 Å². The van der Waals surface area contributed by atoms with Gasteiger partial charge in [0.1, 0.15) is 35.5 Å². The fraction of sp³-hybridized carbons (Fsp3) is 0.333. The number of hydrogen-bond acceptors (Lipinski definition) is 5. The van der Waals surface area contributed by atoms with Gasteiger partial charge in [0.25, 0.3) is 0 Å². The van der Waals surface area contributed by atoms with Crippen molar-refractivity contribution in [3.63, 3.8) is 0 Å². The molecule has 0 saturated carbocycles. The van der Waals surface area contributed by atoms with Crippen LogP contribution in [-0.2, 0) is 9.47 Å². The maximum absolute atomic E-state index is 6.26. The fourth-order valence-electron chi connectivity index (χ4n) is 2.41. The molecule has 0 aliphatic rings. The van der Waals surface area contributed by atoms with Gasteiger partial charge in [-0.25, -0.2) is 0 Å². The molecule has 0 amide bonds. The highest BCUT2D eigenvalue weighted by atomic mass is 35.5. The maximum atomic E-state index is 6.26. The smallest absolute Gasteiger partial charge is 0.156 e. The molecule has 0 aromatic heterocycles. The van der Waals surface area contributed by atoms with Gasteiger partial charge in [-0.2, -0.15) is 0 Å². The van der Waals surface area contributed by atoms with Gasteiger partial charge < -0.3 is 23.7 Å². The van der Waals surface area contributed by atoms with Crippen molar-refractivity contribution in [3.8, 4) is 29.1 Å². The van der Waals surface area contributed by atoms with Gasteiger partial charge in [0.15, 0.2) is 5.75 Å². The average Bonchev–Trinajstić information content (AvgIpc) is 2.78. The van der Waals surface area contributed by atoms with Gasteiger partial charge in [0.05, 0.1) is 23.3 Å². The third kappa shape index (κ3) is 10.8. The van der Waals surface area contributed by atoms with Crippen molar-refractivity contribution in [1.82, 2.24) is 0 Å². The number of hydrogen-bond donors (Lipinski definition) is 0. The van der Waals surface area contributed by atoms with Gasteiger partial charge >= 0.3 is 0 Å². The predicted octanol–water partition coefficient (Wildman–Crippen LogP) is 6.90. The van der Waals surface area contributed by atoms with Crippen LogP contribution in [0, 0.1) is 11.8 Å². The number of ether oxygens (including phenoxy) is 5. The lowest BCUT2D eigenvalue weighted by Crippen LogP contribution is -2.07.